The van der Waals surface area contributed by atoms with E-state index in [1.807, 2.05) is 0 Å². The molecule has 0 bridgehead atoms. The lowest BCUT2D eigenvalue weighted by Gasteiger charge is -2.42. The molecule has 2 N–H and O–H groups in total. The van der Waals surface area contributed by atoms with Gasteiger partial charge in [-0.25, -0.2) is 0 Å². The Balaban J connectivity index is 1.61. The van der Waals surface area contributed by atoms with Gasteiger partial charge in [-0.05, 0) is 56.1 Å². The van der Waals surface area contributed by atoms with E-state index < -0.39 is 0 Å². The smallest absolute Gasteiger partial charge is 0.000782 e. The summed E-state index contributed by atoms with van der Waals surface area (Å²) in [6, 6.07) is 0. The number of hydrogen-bond acceptors (Lipinski definition) is 2. The van der Waals surface area contributed by atoms with E-state index in [4.69, 9.17) is 0 Å². The number of hydrogen-bond donors (Lipinski definition) is 2. The molecule has 1 atom stereocenters. The average molecular weight is 210 g/mol. The SMILES string of the molecule is CCC1(CNCC(C)C2CNC2)CCC1. The third kappa shape index (κ3) is 2.54. The molecule has 1 saturated carbocycles. The van der Waals surface area contributed by atoms with Crippen molar-refractivity contribution in [1.82, 2.24) is 10.6 Å². The van der Waals surface area contributed by atoms with Crippen molar-refractivity contribution in [3.05, 3.63) is 0 Å². The van der Waals surface area contributed by atoms with Gasteiger partial charge in [0.25, 0.3) is 0 Å². The molecule has 0 aromatic carbocycles. The molecular weight excluding hydrogens is 184 g/mol. The monoisotopic (exact) mass is 210 g/mol. The highest BCUT2D eigenvalue weighted by atomic mass is 15.0. The largest absolute Gasteiger partial charge is 0.316 e. The maximum absolute atomic E-state index is 3.70. The zero-order chi connectivity index (χ0) is 10.7. The van der Waals surface area contributed by atoms with Crippen LogP contribution >= 0.6 is 0 Å². The molecule has 0 spiro atoms. The van der Waals surface area contributed by atoms with Crippen LogP contribution in [-0.2, 0) is 0 Å². The van der Waals surface area contributed by atoms with Crippen LogP contribution in [0.15, 0.2) is 0 Å². The molecule has 0 aromatic rings. The summed E-state index contributed by atoms with van der Waals surface area (Å²) in [4.78, 5) is 0. The van der Waals surface area contributed by atoms with Crippen molar-refractivity contribution < 1.29 is 0 Å². The van der Waals surface area contributed by atoms with Crippen LogP contribution in [0.2, 0.25) is 0 Å². The molecule has 2 nitrogen and oxygen atoms in total. The first-order valence-corrected chi connectivity index (χ1v) is 6.67. The zero-order valence-corrected chi connectivity index (χ0v) is 10.3. The average Bonchev–Trinajstić information content (AvgIpc) is 2.06. The first-order chi connectivity index (χ1) is 7.26. The van der Waals surface area contributed by atoms with Gasteiger partial charge in [-0.3, -0.25) is 0 Å². The Hall–Kier alpha value is -0.0800. The van der Waals surface area contributed by atoms with Crippen molar-refractivity contribution in [3.63, 3.8) is 0 Å². The molecule has 1 heterocycles. The van der Waals surface area contributed by atoms with Crippen LogP contribution in [0.4, 0.5) is 0 Å². The fourth-order valence-corrected chi connectivity index (χ4v) is 2.78. The Labute approximate surface area is 94.2 Å². The van der Waals surface area contributed by atoms with E-state index in [9.17, 15) is 0 Å². The zero-order valence-electron chi connectivity index (χ0n) is 10.3. The summed E-state index contributed by atoms with van der Waals surface area (Å²) < 4.78 is 0. The van der Waals surface area contributed by atoms with E-state index >= 15 is 0 Å². The Morgan fingerprint density at radius 2 is 2.13 bits per heavy atom. The van der Waals surface area contributed by atoms with Gasteiger partial charge < -0.3 is 10.6 Å². The van der Waals surface area contributed by atoms with Gasteiger partial charge in [0.2, 0.25) is 0 Å². The van der Waals surface area contributed by atoms with Gasteiger partial charge in [0.15, 0.2) is 0 Å². The highest BCUT2D eigenvalue weighted by Crippen LogP contribution is 2.43. The Bertz CT molecular complexity index is 189. The van der Waals surface area contributed by atoms with E-state index in [2.05, 4.69) is 24.5 Å². The lowest BCUT2D eigenvalue weighted by molar-refractivity contribution is 0.119. The van der Waals surface area contributed by atoms with Crippen molar-refractivity contribution in [3.8, 4) is 0 Å². The molecule has 0 aromatic heterocycles. The van der Waals surface area contributed by atoms with Crippen LogP contribution in [0, 0.1) is 17.3 Å². The summed E-state index contributed by atoms with van der Waals surface area (Å²) in [6.07, 6.45) is 5.72. The minimum absolute atomic E-state index is 0.678. The quantitative estimate of drug-likeness (QED) is 0.701. The van der Waals surface area contributed by atoms with E-state index in [0.29, 0.717) is 5.41 Å². The van der Waals surface area contributed by atoms with Crippen molar-refractivity contribution >= 4 is 0 Å². The van der Waals surface area contributed by atoms with E-state index in [1.54, 1.807) is 0 Å². The fraction of sp³-hybridized carbons (Fsp3) is 1.00. The highest BCUT2D eigenvalue weighted by molar-refractivity contribution is 4.89. The molecule has 15 heavy (non-hydrogen) atoms. The molecule has 2 fully saturated rings. The van der Waals surface area contributed by atoms with Gasteiger partial charge in [0.1, 0.15) is 0 Å². The number of nitrogens with one attached hydrogen (secondary N) is 2. The molecular formula is C13H26N2. The summed E-state index contributed by atoms with van der Waals surface area (Å²) in [6.45, 7) is 9.68. The van der Waals surface area contributed by atoms with Gasteiger partial charge in [0, 0.05) is 6.54 Å². The van der Waals surface area contributed by atoms with Gasteiger partial charge in [-0.2, -0.15) is 0 Å². The molecule has 0 radical (unpaired) electrons. The molecule has 2 heteroatoms. The van der Waals surface area contributed by atoms with Crippen molar-refractivity contribution in [2.24, 2.45) is 17.3 Å². The lowest BCUT2D eigenvalue weighted by Crippen LogP contribution is -2.49. The first-order valence-electron chi connectivity index (χ1n) is 6.67. The number of rotatable bonds is 6. The maximum Gasteiger partial charge on any atom is 0.000782 e. The standard InChI is InChI=1S/C13H26N2/c1-3-13(5-4-6-13)10-15-7-11(2)12-8-14-9-12/h11-12,14-15H,3-10H2,1-2H3. The summed E-state index contributed by atoms with van der Waals surface area (Å²) in [5.41, 5.74) is 0.678. The second-order valence-electron chi connectivity index (χ2n) is 5.73. The predicted molar refractivity (Wildman–Crippen MR) is 65.0 cm³/mol. The van der Waals surface area contributed by atoms with E-state index in [1.165, 1.54) is 51.9 Å². The fourth-order valence-electron chi connectivity index (χ4n) is 2.78. The van der Waals surface area contributed by atoms with Gasteiger partial charge in [0.05, 0.1) is 0 Å². The summed E-state index contributed by atoms with van der Waals surface area (Å²) in [5, 5.41) is 7.05. The minimum atomic E-state index is 0.678. The molecule has 0 amide bonds. The van der Waals surface area contributed by atoms with E-state index in [-0.39, 0.29) is 0 Å². The Morgan fingerprint density at radius 3 is 2.53 bits per heavy atom. The molecule has 1 unspecified atom stereocenters. The van der Waals surface area contributed by atoms with Crippen molar-refractivity contribution in [1.29, 1.82) is 0 Å². The van der Waals surface area contributed by atoms with Crippen LogP contribution in [0.3, 0.4) is 0 Å². The van der Waals surface area contributed by atoms with Crippen LogP contribution in [0.5, 0.6) is 0 Å². The second-order valence-corrected chi connectivity index (χ2v) is 5.73. The lowest BCUT2D eigenvalue weighted by atomic mass is 9.67. The summed E-state index contributed by atoms with van der Waals surface area (Å²) >= 11 is 0. The van der Waals surface area contributed by atoms with Crippen LogP contribution in [-0.4, -0.2) is 26.2 Å². The Morgan fingerprint density at radius 1 is 1.40 bits per heavy atom. The van der Waals surface area contributed by atoms with E-state index in [0.717, 1.165) is 11.8 Å². The maximum atomic E-state index is 3.70. The predicted octanol–water partition coefficient (Wildman–Crippen LogP) is 2.01. The molecule has 88 valence electrons. The Kier molecular flexibility index (Phi) is 3.68. The van der Waals surface area contributed by atoms with Crippen LogP contribution < -0.4 is 10.6 Å². The molecule has 2 rings (SSSR count). The third-order valence-corrected chi connectivity index (χ3v) is 4.75. The van der Waals surface area contributed by atoms with Crippen LogP contribution in [0.25, 0.3) is 0 Å². The second kappa shape index (κ2) is 4.84. The van der Waals surface area contributed by atoms with Gasteiger partial charge >= 0.3 is 0 Å². The third-order valence-electron chi connectivity index (χ3n) is 4.75. The van der Waals surface area contributed by atoms with Gasteiger partial charge in [-0.15, -0.1) is 0 Å². The van der Waals surface area contributed by atoms with Crippen molar-refractivity contribution in [2.45, 2.75) is 39.5 Å². The summed E-state index contributed by atoms with van der Waals surface area (Å²) in [5.74, 6) is 1.77. The molecule has 2 aliphatic rings. The molecule has 1 aliphatic carbocycles. The minimum Gasteiger partial charge on any atom is -0.316 e. The van der Waals surface area contributed by atoms with Gasteiger partial charge in [-0.1, -0.05) is 20.3 Å². The first kappa shape index (κ1) is 11.4. The van der Waals surface area contributed by atoms with Crippen molar-refractivity contribution in [2.75, 3.05) is 26.2 Å². The normalized spacial score (nSPS) is 26.8. The topological polar surface area (TPSA) is 24.1 Å². The summed E-state index contributed by atoms with van der Waals surface area (Å²) in [7, 11) is 0. The highest BCUT2D eigenvalue weighted by Gasteiger charge is 2.34. The molecule has 1 saturated heterocycles. The molecule has 1 aliphatic heterocycles. The van der Waals surface area contributed by atoms with Crippen LogP contribution in [0.1, 0.15) is 39.5 Å².